The quantitative estimate of drug-likeness (QED) is 0.651. The number of hydrogen-bond donors (Lipinski definition) is 1. The molecule has 0 radical (unpaired) electrons. The molecule has 0 saturated carbocycles. The number of rotatable bonds is 5. The lowest BCUT2D eigenvalue weighted by Gasteiger charge is -2.07. The lowest BCUT2D eigenvalue weighted by atomic mass is 10.1. The first-order valence-corrected chi connectivity index (χ1v) is 7.17. The number of hydrogen-bond acceptors (Lipinski definition) is 4. The predicted octanol–water partition coefficient (Wildman–Crippen LogP) is 1.63. The first-order chi connectivity index (χ1) is 8.33. The highest BCUT2D eigenvalue weighted by Crippen LogP contribution is 2.17. The summed E-state index contributed by atoms with van der Waals surface area (Å²) in [4.78, 5) is 11.4. The van der Waals surface area contributed by atoms with Gasteiger partial charge in [-0.15, -0.1) is 0 Å². The minimum absolute atomic E-state index is 0.239. The fourth-order valence-corrected chi connectivity index (χ4v) is 1.85. The van der Waals surface area contributed by atoms with Gasteiger partial charge in [0.15, 0.2) is 0 Å². The van der Waals surface area contributed by atoms with E-state index in [1.54, 1.807) is 31.2 Å². The Hall–Kier alpha value is -1.82. The maximum atomic E-state index is 11.4. The van der Waals surface area contributed by atoms with E-state index in [-0.39, 0.29) is 12.2 Å². The van der Waals surface area contributed by atoms with Gasteiger partial charge < -0.3 is 4.74 Å². The molecular weight excluding hydrogens is 254 g/mol. The molecule has 0 amide bonds. The smallest absolute Gasteiger partial charge is 0.338 e. The molecule has 1 N–H and O–H groups in total. The summed E-state index contributed by atoms with van der Waals surface area (Å²) in [6.07, 6.45) is 1.07. The molecule has 0 atom stereocenters. The molecule has 0 unspecified atom stereocenters. The van der Waals surface area contributed by atoms with E-state index in [2.05, 4.69) is 11.3 Å². The van der Waals surface area contributed by atoms with Gasteiger partial charge in [-0.2, -0.15) is 0 Å². The Kier molecular flexibility index (Phi) is 4.49. The van der Waals surface area contributed by atoms with Crippen LogP contribution < -0.4 is 4.72 Å². The average Bonchev–Trinajstić information content (AvgIpc) is 2.27. The van der Waals surface area contributed by atoms with Gasteiger partial charge in [-0.05, 0) is 24.6 Å². The Bertz CT molecular complexity index is 546. The molecule has 0 spiro atoms. The number of ether oxygens (including phenoxy) is 1. The Balaban J connectivity index is 2.83. The molecule has 6 heteroatoms. The first-order valence-electron chi connectivity index (χ1n) is 5.27. The number of carbonyl (C=O) groups is 1. The van der Waals surface area contributed by atoms with E-state index in [0.717, 1.165) is 6.26 Å². The van der Waals surface area contributed by atoms with E-state index >= 15 is 0 Å². The van der Waals surface area contributed by atoms with Crippen LogP contribution in [0.15, 0.2) is 30.8 Å². The fraction of sp³-hybridized carbons (Fsp3) is 0.250. The second-order valence-corrected chi connectivity index (χ2v) is 5.40. The Morgan fingerprint density at radius 2 is 1.89 bits per heavy atom. The highest BCUT2D eigenvalue weighted by molar-refractivity contribution is 7.92. The summed E-state index contributed by atoms with van der Waals surface area (Å²) >= 11 is 0. The summed E-state index contributed by atoms with van der Waals surface area (Å²) in [6, 6.07) is 6.32. The Labute approximate surface area is 107 Å². The van der Waals surface area contributed by atoms with Gasteiger partial charge in [0.1, 0.15) is 0 Å². The summed E-state index contributed by atoms with van der Waals surface area (Å²) in [5.74, 6) is -0.485. The van der Waals surface area contributed by atoms with Crippen molar-refractivity contribution >= 4 is 27.3 Å². The monoisotopic (exact) mass is 269 g/mol. The van der Waals surface area contributed by atoms with E-state index in [1.165, 1.54) is 0 Å². The third-order valence-electron chi connectivity index (χ3n) is 2.06. The van der Waals surface area contributed by atoms with Crippen molar-refractivity contribution in [1.29, 1.82) is 0 Å². The molecule has 1 rings (SSSR count). The predicted molar refractivity (Wildman–Crippen MR) is 70.6 cm³/mol. The van der Waals surface area contributed by atoms with Crippen molar-refractivity contribution in [3.05, 3.63) is 36.4 Å². The van der Waals surface area contributed by atoms with Crippen molar-refractivity contribution in [3.63, 3.8) is 0 Å². The zero-order chi connectivity index (χ0) is 13.8. The summed E-state index contributed by atoms with van der Waals surface area (Å²) in [7, 11) is -3.30. The van der Waals surface area contributed by atoms with Crippen molar-refractivity contribution in [2.75, 3.05) is 17.6 Å². The second-order valence-electron chi connectivity index (χ2n) is 3.65. The van der Waals surface area contributed by atoms with Crippen LogP contribution in [0.5, 0.6) is 0 Å². The van der Waals surface area contributed by atoms with Gasteiger partial charge in [0.05, 0.1) is 18.4 Å². The van der Waals surface area contributed by atoms with Crippen molar-refractivity contribution in [1.82, 2.24) is 0 Å². The lowest BCUT2D eigenvalue weighted by Crippen LogP contribution is -2.09. The minimum atomic E-state index is -3.30. The normalized spacial score (nSPS) is 10.8. The van der Waals surface area contributed by atoms with Crippen LogP contribution in [0.1, 0.15) is 12.5 Å². The van der Waals surface area contributed by atoms with Crippen molar-refractivity contribution in [3.8, 4) is 0 Å². The molecule has 0 aromatic heterocycles. The van der Waals surface area contributed by atoms with Gasteiger partial charge in [-0.3, -0.25) is 4.72 Å². The van der Waals surface area contributed by atoms with Gasteiger partial charge in [0.2, 0.25) is 10.0 Å². The van der Waals surface area contributed by atoms with E-state index < -0.39 is 16.0 Å². The molecule has 0 saturated heterocycles. The molecule has 18 heavy (non-hydrogen) atoms. The zero-order valence-corrected chi connectivity index (χ0v) is 11.1. The zero-order valence-electron chi connectivity index (χ0n) is 10.3. The molecule has 0 aliphatic heterocycles. The molecule has 0 aliphatic rings. The Morgan fingerprint density at radius 3 is 2.33 bits per heavy atom. The van der Waals surface area contributed by atoms with Gasteiger partial charge in [0.25, 0.3) is 0 Å². The van der Waals surface area contributed by atoms with Crippen LogP contribution in [-0.2, 0) is 19.6 Å². The molecule has 1 aromatic carbocycles. The summed E-state index contributed by atoms with van der Waals surface area (Å²) < 4.78 is 29.2. The summed E-state index contributed by atoms with van der Waals surface area (Å²) in [5, 5.41) is 0. The van der Waals surface area contributed by atoms with Crippen LogP contribution in [0.25, 0.3) is 5.57 Å². The van der Waals surface area contributed by atoms with E-state index in [4.69, 9.17) is 4.74 Å². The molecule has 0 aliphatic carbocycles. The van der Waals surface area contributed by atoms with Crippen LogP contribution in [0, 0.1) is 0 Å². The molecular formula is C12H15NO4S. The number of nitrogens with one attached hydrogen (secondary N) is 1. The average molecular weight is 269 g/mol. The van der Waals surface area contributed by atoms with Gasteiger partial charge in [-0.1, -0.05) is 18.7 Å². The van der Waals surface area contributed by atoms with Crippen molar-refractivity contribution in [2.24, 2.45) is 0 Å². The topological polar surface area (TPSA) is 72.5 Å². The number of anilines is 1. The van der Waals surface area contributed by atoms with Gasteiger partial charge >= 0.3 is 5.97 Å². The molecule has 5 nitrogen and oxygen atoms in total. The SMILES string of the molecule is C=C(C(=O)OCC)c1ccc(NS(C)(=O)=O)cc1. The van der Waals surface area contributed by atoms with Gasteiger partial charge in [0, 0.05) is 5.69 Å². The first kappa shape index (κ1) is 14.2. The van der Waals surface area contributed by atoms with Crippen molar-refractivity contribution < 1.29 is 17.9 Å². The molecule has 1 aromatic rings. The number of esters is 1. The van der Waals surface area contributed by atoms with Crippen molar-refractivity contribution in [2.45, 2.75) is 6.92 Å². The van der Waals surface area contributed by atoms with E-state index in [9.17, 15) is 13.2 Å². The number of sulfonamides is 1. The minimum Gasteiger partial charge on any atom is -0.462 e. The van der Waals surface area contributed by atoms with Crippen LogP contribution in [0.2, 0.25) is 0 Å². The molecule has 0 heterocycles. The van der Waals surface area contributed by atoms with Crippen LogP contribution in [-0.4, -0.2) is 27.2 Å². The molecule has 0 bridgehead atoms. The lowest BCUT2D eigenvalue weighted by molar-refractivity contribution is -0.136. The number of benzene rings is 1. The van der Waals surface area contributed by atoms with Crippen LogP contribution in [0.4, 0.5) is 5.69 Å². The number of carbonyl (C=O) groups excluding carboxylic acids is 1. The summed E-state index contributed by atoms with van der Waals surface area (Å²) in [5.41, 5.74) is 1.26. The largest absolute Gasteiger partial charge is 0.462 e. The second kappa shape index (κ2) is 5.68. The van der Waals surface area contributed by atoms with E-state index in [0.29, 0.717) is 11.3 Å². The molecule has 98 valence electrons. The Morgan fingerprint density at radius 1 is 1.33 bits per heavy atom. The standard InChI is InChI=1S/C12H15NO4S/c1-4-17-12(14)9(2)10-5-7-11(8-6-10)13-18(3,15)16/h5-8,13H,2,4H2,1,3H3. The van der Waals surface area contributed by atoms with E-state index in [1.807, 2.05) is 0 Å². The maximum Gasteiger partial charge on any atom is 0.338 e. The fourth-order valence-electron chi connectivity index (χ4n) is 1.29. The van der Waals surface area contributed by atoms with Gasteiger partial charge in [-0.25, -0.2) is 13.2 Å². The highest BCUT2D eigenvalue weighted by atomic mass is 32.2. The van der Waals surface area contributed by atoms with Crippen LogP contribution in [0.3, 0.4) is 0 Å². The highest BCUT2D eigenvalue weighted by Gasteiger charge is 2.10. The summed E-state index contributed by atoms with van der Waals surface area (Å²) in [6.45, 7) is 5.63. The molecule has 0 fully saturated rings. The third kappa shape index (κ3) is 4.21. The maximum absolute atomic E-state index is 11.4. The van der Waals surface area contributed by atoms with Crippen LogP contribution >= 0.6 is 0 Å². The third-order valence-corrected chi connectivity index (χ3v) is 2.66.